The molecule has 0 amide bonds. The molecule has 0 aliphatic rings. The minimum Gasteiger partial charge on any atom is -0.478 e. The lowest BCUT2D eigenvalue weighted by atomic mass is 10.1. The maximum absolute atomic E-state index is 10.4. The SMILES string of the molecule is CN(C/C=C/C(=O)O)c1ccc2ccccc2c1. The van der Waals surface area contributed by atoms with Crippen molar-refractivity contribution in [1.29, 1.82) is 0 Å². The van der Waals surface area contributed by atoms with Gasteiger partial charge in [-0.3, -0.25) is 0 Å². The predicted octanol–water partition coefficient (Wildman–Crippen LogP) is 2.92. The van der Waals surface area contributed by atoms with Crippen molar-refractivity contribution in [3.63, 3.8) is 0 Å². The Morgan fingerprint density at radius 1 is 1.22 bits per heavy atom. The molecule has 0 heterocycles. The average molecular weight is 241 g/mol. The minimum atomic E-state index is -0.915. The summed E-state index contributed by atoms with van der Waals surface area (Å²) in [6.07, 6.45) is 2.80. The van der Waals surface area contributed by atoms with Crippen LogP contribution in [0.4, 0.5) is 5.69 Å². The lowest BCUT2D eigenvalue weighted by Crippen LogP contribution is -2.16. The molecule has 0 saturated heterocycles. The number of anilines is 1. The molecule has 0 spiro atoms. The number of nitrogens with zero attached hydrogens (tertiary/aromatic N) is 1. The van der Waals surface area contributed by atoms with Crippen molar-refractivity contribution in [3.8, 4) is 0 Å². The molecule has 18 heavy (non-hydrogen) atoms. The Morgan fingerprint density at radius 3 is 2.67 bits per heavy atom. The Balaban J connectivity index is 2.17. The minimum absolute atomic E-state index is 0.574. The van der Waals surface area contributed by atoms with E-state index in [2.05, 4.69) is 24.3 Å². The van der Waals surface area contributed by atoms with Crippen molar-refractivity contribution in [1.82, 2.24) is 0 Å². The third kappa shape index (κ3) is 2.88. The summed E-state index contributed by atoms with van der Waals surface area (Å²) in [7, 11) is 1.94. The highest BCUT2D eigenvalue weighted by Crippen LogP contribution is 2.21. The first-order valence-electron chi connectivity index (χ1n) is 5.76. The van der Waals surface area contributed by atoms with Gasteiger partial charge < -0.3 is 10.0 Å². The topological polar surface area (TPSA) is 40.5 Å². The number of benzene rings is 2. The van der Waals surface area contributed by atoms with Gasteiger partial charge in [-0.15, -0.1) is 0 Å². The van der Waals surface area contributed by atoms with Gasteiger partial charge >= 0.3 is 5.97 Å². The van der Waals surface area contributed by atoms with E-state index in [0.29, 0.717) is 6.54 Å². The van der Waals surface area contributed by atoms with Crippen LogP contribution in [0.5, 0.6) is 0 Å². The molecular weight excluding hydrogens is 226 g/mol. The first kappa shape index (κ1) is 12.2. The number of hydrogen-bond donors (Lipinski definition) is 1. The first-order valence-corrected chi connectivity index (χ1v) is 5.76. The third-order valence-electron chi connectivity index (χ3n) is 2.81. The van der Waals surface area contributed by atoms with Crippen LogP contribution in [0.15, 0.2) is 54.6 Å². The molecule has 0 atom stereocenters. The number of hydrogen-bond acceptors (Lipinski definition) is 2. The summed E-state index contributed by atoms with van der Waals surface area (Å²) in [5.41, 5.74) is 1.07. The fourth-order valence-electron chi connectivity index (χ4n) is 1.83. The van der Waals surface area contributed by atoms with Crippen LogP contribution in [0.25, 0.3) is 10.8 Å². The van der Waals surface area contributed by atoms with Gasteiger partial charge in [0.2, 0.25) is 0 Å². The summed E-state index contributed by atoms with van der Waals surface area (Å²) in [6.45, 7) is 0.574. The number of likely N-dealkylation sites (N-methyl/N-ethyl adjacent to an activating group) is 1. The fraction of sp³-hybridized carbons (Fsp3) is 0.133. The van der Waals surface area contributed by atoms with Gasteiger partial charge in [0.25, 0.3) is 0 Å². The van der Waals surface area contributed by atoms with Crippen LogP contribution in [0.3, 0.4) is 0 Å². The number of fused-ring (bicyclic) bond motifs is 1. The van der Waals surface area contributed by atoms with Crippen LogP contribution >= 0.6 is 0 Å². The molecule has 0 aliphatic heterocycles. The zero-order valence-corrected chi connectivity index (χ0v) is 10.2. The summed E-state index contributed by atoms with van der Waals surface area (Å²) in [6, 6.07) is 14.4. The molecule has 0 saturated carbocycles. The Bertz CT molecular complexity index is 590. The zero-order valence-electron chi connectivity index (χ0n) is 10.2. The second kappa shape index (κ2) is 5.36. The van der Waals surface area contributed by atoms with Crippen molar-refractivity contribution < 1.29 is 9.90 Å². The number of carbonyl (C=O) groups is 1. The van der Waals surface area contributed by atoms with Gasteiger partial charge in [-0.2, -0.15) is 0 Å². The van der Waals surface area contributed by atoms with Gasteiger partial charge in [0, 0.05) is 25.4 Å². The molecule has 0 aliphatic carbocycles. The maximum Gasteiger partial charge on any atom is 0.328 e. The lowest BCUT2D eigenvalue weighted by molar-refractivity contribution is -0.131. The maximum atomic E-state index is 10.4. The van der Waals surface area contributed by atoms with Gasteiger partial charge in [0.05, 0.1) is 0 Å². The smallest absolute Gasteiger partial charge is 0.328 e. The molecular formula is C15H15NO2. The van der Waals surface area contributed by atoms with Crippen LogP contribution in [0.1, 0.15) is 0 Å². The quantitative estimate of drug-likeness (QED) is 0.837. The third-order valence-corrected chi connectivity index (χ3v) is 2.81. The molecule has 92 valence electrons. The number of aliphatic carboxylic acids is 1. The zero-order chi connectivity index (χ0) is 13.0. The highest BCUT2D eigenvalue weighted by Gasteiger charge is 2.00. The number of carboxylic acid groups (broad SMARTS) is 1. The van der Waals surface area contributed by atoms with E-state index in [9.17, 15) is 4.79 Å². The average Bonchev–Trinajstić information content (AvgIpc) is 2.37. The van der Waals surface area contributed by atoms with E-state index in [0.717, 1.165) is 11.8 Å². The molecule has 1 N–H and O–H groups in total. The highest BCUT2D eigenvalue weighted by molar-refractivity contribution is 5.85. The molecule has 2 aromatic rings. The molecule has 2 rings (SSSR count). The standard InChI is InChI=1S/C15H15NO2/c1-16(10-4-7-15(17)18)14-9-8-12-5-2-3-6-13(12)11-14/h2-9,11H,10H2,1H3,(H,17,18)/b7-4+. The Hall–Kier alpha value is -2.29. The second-order valence-electron chi connectivity index (χ2n) is 4.15. The molecule has 2 aromatic carbocycles. The number of carboxylic acids is 1. The van der Waals surface area contributed by atoms with E-state index in [-0.39, 0.29) is 0 Å². The van der Waals surface area contributed by atoms with Crippen LogP contribution in [-0.2, 0) is 4.79 Å². The summed E-state index contributed by atoms with van der Waals surface area (Å²) in [4.78, 5) is 12.4. The van der Waals surface area contributed by atoms with E-state index in [4.69, 9.17) is 5.11 Å². The Morgan fingerprint density at radius 2 is 1.94 bits per heavy atom. The summed E-state index contributed by atoms with van der Waals surface area (Å²) >= 11 is 0. The monoisotopic (exact) mass is 241 g/mol. The van der Waals surface area contributed by atoms with Gasteiger partial charge in [-0.25, -0.2) is 4.79 Å². The van der Waals surface area contributed by atoms with Crippen LogP contribution in [-0.4, -0.2) is 24.7 Å². The predicted molar refractivity (Wildman–Crippen MR) is 74.0 cm³/mol. The van der Waals surface area contributed by atoms with E-state index < -0.39 is 5.97 Å². The molecule has 3 nitrogen and oxygen atoms in total. The van der Waals surface area contributed by atoms with Crippen LogP contribution in [0, 0.1) is 0 Å². The Kier molecular flexibility index (Phi) is 3.63. The molecule has 0 aromatic heterocycles. The van der Waals surface area contributed by atoms with Gasteiger partial charge in [0.1, 0.15) is 0 Å². The summed E-state index contributed by atoms with van der Waals surface area (Å²) in [5.74, 6) is -0.915. The van der Waals surface area contributed by atoms with Gasteiger partial charge in [-0.1, -0.05) is 36.4 Å². The van der Waals surface area contributed by atoms with Crippen molar-refractivity contribution >= 4 is 22.4 Å². The molecule has 0 bridgehead atoms. The van der Waals surface area contributed by atoms with Crippen LogP contribution in [0.2, 0.25) is 0 Å². The lowest BCUT2D eigenvalue weighted by Gasteiger charge is -2.17. The first-order chi connectivity index (χ1) is 8.66. The summed E-state index contributed by atoms with van der Waals surface area (Å²) < 4.78 is 0. The van der Waals surface area contributed by atoms with Crippen LogP contribution < -0.4 is 4.90 Å². The summed E-state index contributed by atoms with van der Waals surface area (Å²) in [5, 5.41) is 10.9. The largest absolute Gasteiger partial charge is 0.478 e. The van der Waals surface area contributed by atoms with Gasteiger partial charge in [-0.05, 0) is 22.9 Å². The molecule has 0 unspecified atom stereocenters. The van der Waals surface area contributed by atoms with Crippen molar-refractivity contribution in [2.45, 2.75) is 0 Å². The van der Waals surface area contributed by atoms with Gasteiger partial charge in [0.15, 0.2) is 0 Å². The molecule has 0 radical (unpaired) electrons. The molecule has 3 heteroatoms. The normalized spacial score (nSPS) is 10.9. The van der Waals surface area contributed by atoms with Crippen molar-refractivity contribution in [2.75, 3.05) is 18.5 Å². The van der Waals surface area contributed by atoms with Crippen molar-refractivity contribution in [2.24, 2.45) is 0 Å². The van der Waals surface area contributed by atoms with E-state index in [1.54, 1.807) is 6.08 Å². The Labute approximate surface area is 106 Å². The fourth-order valence-corrected chi connectivity index (χ4v) is 1.83. The van der Waals surface area contributed by atoms with E-state index >= 15 is 0 Å². The molecule has 0 fully saturated rings. The van der Waals surface area contributed by atoms with E-state index in [1.165, 1.54) is 10.8 Å². The number of rotatable bonds is 4. The highest BCUT2D eigenvalue weighted by atomic mass is 16.4. The van der Waals surface area contributed by atoms with E-state index in [1.807, 2.05) is 30.1 Å². The van der Waals surface area contributed by atoms with Crippen molar-refractivity contribution in [3.05, 3.63) is 54.6 Å². The second-order valence-corrected chi connectivity index (χ2v) is 4.15.